The van der Waals surface area contributed by atoms with E-state index in [0.29, 0.717) is 44.1 Å². The van der Waals surface area contributed by atoms with Crippen LogP contribution in [0.4, 0.5) is 23.5 Å². The number of hydrogen-bond donors (Lipinski definition) is 2. The van der Waals surface area contributed by atoms with Crippen LogP contribution in [0.25, 0.3) is 32.3 Å². The third-order valence-corrected chi connectivity index (χ3v) is 7.12. The van der Waals surface area contributed by atoms with Crippen molar-refractivity contribution in [3.63, 3.8) is 0 Å². The van der Waals surface area contributed by atoms with Crippen molar-refractivity contribution < 1.29 is 4.74 Å². The van der Waals surface area contributed by atoms with E-state index in [4.69, 9.17) is 14.7 Å². The molecule has 5 aromatic carbocycles. The van der Waals surface area contributed by atoms with Crippen LogP contribution in [0.2, 0.25) is 0 Å². The minimum absolute atomic E-state index is 0.361. The van der Waals surface area contributed by atoms with E-state index in [-0.39, 0.29) is 0 Å². The van der Waals surface area contributed by atoms with Crippen LogP contribution < -0.4 is 15.6 Å². The Morgan fingerprint density at radius 3 is 2.05 bits per heavy atom. The Bertz CT molecular complexity index is 1800. The van der Waals surface area contributed by atoms with Crippen LogP contribution in [-0.4, -0.2) is 47.5 Å². The molecule has 1 aromatic heterocycles. The molecule has 0 spiro atoms. The van der Waals surface area contributed by atoms with E-state index < -0.39 is 0 Å². The highest BCUT2D eigenvalue weighted by Gasteiger charge is 2.17. The Kier molecular flexibility index (Phi) is 6.35. The molecule has 0 atom stereocenters. The Labute approximate surface area is 231 Å². The van der Waals surface area contributed by atoms with Crippen molar-refractivity contribution in [3.05, 3.63) is 103 Å². The van der Waals surface area contributed by atoms with E-state index in [1.165, 1.54) is 10.8 Å². The van der Waals surface area contributed by atoms with Crippen molar-refractivity contribution >= 4 is 62.1 Å². The van der Waals surface area contributed by atoms with E-state index in [9.17, 15) is 0 Å². The number of ether oxygens (including phenoxy) is 1. The van der Waals surface area contributed by atoms with E-state index in [1.807, 2.05) is 42.6 Å². The first-order valence-corrected chi connectivity index (χ1v) is 13.3. The number of nitrogens with one attached hydrogen (secondary N) is 2. The molecule has 1 fully saturated rings. The molecule has 1 aliphatic heterocycles. The van der Waals surface area contributed by atoms with Crippen LogP contribution in [0.5, 0.6) is 0 Å². The normalized spacial score (nSPS) is 13.8. The molecule has 7 rings (SSSR count). The monoisotopic (exact) mass is 525 g/mol. The topological polar surface area (TPSA) is 87.6 Å². The lowest BCUT2D eigenvalue weighted by molar-refractivity contribution is 0.122. The fraction of sp³-hybridized carbons (Fsp3) is 0.125. The maximum Gasteiger partial charge on any atom is 0.250 e. The summed E-state index contributed by atoms with van der Waals surface area (Å²) in [6, 6.07) is 33.3. The van der Waals surface area contributed by atoms with Gasteiger partial charge < -0.3 is 15.0 Å². The van der Waals surface area contributed by atoms with Gasteiger partial charge in [0.25, 0.3) is 0 Å². The summed E-state index contributed by atoms with van der Waals surface area (Å²) in [6.45, 7) is 2.69. The summed E-state index contributed by atoms with van der Waals surface area (Å²) < 4.78 is 5.54. The smallest absolute Gasteiger partial charge is 0.250 e. The second-order valence-corrected chi connectivity index (χ2v) is 9.64. The van der Waals surface area contributed by atoms with Crippen molar-refractivity contribution in [2.75, 3.05) is 41.9 Å². The zero-order valence-electron chi connectivity index (χ0n) is 21.8. The third kappa shape index (κ3) is 4.76. The largest absolute Gasteiger partial charge is 0.378 e. The number of hydrazone groups is 1. The quantitative estimate of drug-likeness (QED) is 0.149. The molecule has 1 aliphatic rings. The van der Waals surface area contributed by atoms with Gasteiger partial charge in [0, 0.05) is 29.7 Å². The van der Waals surface area contributed by atoms with Gasteiger partial charge >= 0.3 is 0 Å². The molecule has 6 aromatic rings. The zero-order chi connectivity index (χ0) is 26.7. The fourth-order valence-corrected chi connectivity index (χ4v) is 5.17. The van der Waals surface area contributed by atoms with Crippen LogP contribution >= 0.6 is 0 Å². The van der Waals surface area contributed by atoms with Gasteiger partial charge in [0.15, 0.2) is 0 Å². The van der Waals surface area contributed by atoms with Gasteiger partial charge in [-0.25, -0.2) is 5.43 Å². The summed E-state index contributed by atoms with van der Waals surface area (Å²) in [5, 5.41) is 14.8. The lowest BCUT2D eigenvalue weighted by atomic mass is 9.97. The SMILES string of the molecule is C(=N\Nc1nc(Nc2cccc3ccccc23)nc(N2CCOCC2)n1)/c1c2ccccc2cc2ccccc12. The van der Waals surface area contributed by atoms with Gasteiger partial charge in [0.2, 0.25) is 17.8 Å². The standard InChI is InChI=1S/C32H27N7O/c1-6-14-27-22(8-1)11-7-15-29(27)34-30-35-31(37-32(36-30)39-16-18-40-19-17-39)38-33-21-28-25-12-4-2-9-23(25)20-24-10-3-5-13-26(24)28/h1-15,20-21H,16-19H2,(H2,34,35,36,37,38)/b33-21+. The maximum atomic E-state index is 5.54. The van der Waals surface area contributed by atoms with Gasteiger partial charge in [0.05, 0.1) is 19.4 Å². The van der Waals surface area contributed by atoms with Crippen LogP contribution in [0.3, 0.4) is 0 Å². The second kappa shape index (κ2) is 10.6. The van der Waals surface area contributed by atoms with Gasteiger partial charge in [-0.15, -0.1) is 0 Å². The summed E-state index contributed by atoms with van der Waals surface area (Å²) in [4.78, 5) is 16.2. The molecular formula is C32H27N7O. The molecule has 0 bridgehead atoms. The Morgan fingerprint density at radius 2 is 1.30 bits per heavy atom. The second-order valence-electron chi connectivity index (χ2n) is 9.64. The van der Waals surface area contributed by atoms with Crippen molar-refractivity contribution in [3.8, 4) is 0 Å². The third-order valence-electron chi connectivity index (χ3n) is 7.12. The lowest BCUT2D eigenvalue weighted by Gasteiger charge is -2.27. The molecular weight excluding hydrogens is 498 g/mol. The minimum Gasteiger partial charge on any atom is -0.378 e. The number of fused-ring (bicyclic) bond motifs is 3. The fourth-order valence-electron chi connectivity index (χ4n) is 5.17. The van der Waals surface area contributed by atoms with Crippen LogP contribution in [0.1, 0.15) is 5.56 Å². The molecule has 8 nitrogen and oxygen atoms in total. The number of benzene rings is 5. The predicted octanol–water partition coefficient (Wildman–Crippen LogP) is 6.36. The van der Waals surface area contributed by atoms with Gasteiger partial charge in [-0.2, -0.15) is 20.1 Å². The number of aromatic nitrogens is 3. The number of hydrogen-bond acceptors (Lipinski definition) is 8. The van der Waals surface area contributed by atoms with E-state index in [2.05, 4.69) is 86.4 Å². The van der Waals surface area contributed by atoms with Crippen molar-refractivity contribution in [1.29, 1.82) is 0 Å². The molecule has 40 heavy (non-hydrogen) atoms. The van der Waals surface area contributed by atoms with Crippen LogP contribution in [0.15, 0.2) is 102 Å². The van der Waals surface area contributed by atoms with Crippen molar-refractivity contribution in [2.45, 2.75) is 0 Å². The molecule has 8 heteroatoms. The molecule has 2 heterocycles. The summed E-state index contributed by atoms with van der Waals surface area (Å²) in [5.41, 5.74) is 5.04. The number of anilines is 4. The number of morpholine rings is 1. The zero-order valence-corrected chi connectivity index (χ0v) is 21.8. The first kappa shape index (κ1) is 24.0. The highest BCUT2D eigenvalue weighted by molar-refractivity contribution is 6.13. The maximum absolute atomic E-state index is 5.54. The molecule has 0 unspecified atom stereocenters. The number of rotatable bonds is 6. The van der Waals surface area contributed by atoms with Crippen LogP contribution in [-0.2, 0) is 4.74 Å². The van der Waals surface area contributed by atoms with Gasteiger partial charge in [0.1, 0.15) is 0 Å². The van der Waals surface area contributed by atoms with E-state index in [0.717, 1.165) is 32.8 Å². The summed E-state index contributed by atoms with van der Waals surface area (Å²) in [5.74, 6) is 1.38. The Balaban J connectivity index is 1.25. The highest BCUT2D eigenvalue weighted by atomic mass is 16.5. The molecule has 1 saturated heterocycles. The molecule has 0 saturated carbocycles. The lowest BCUT2D eigenvalue weighted by Crippen LogP contribution is -2.37. The number of nitrogens with zero attached hydrogens (tertiary/aromatic N) is 5. The van der Waals surface area contributed by atoms with Gasteiger partial charge in [-0.1, -0.05) is 84.9 Å². The van der Waals surface area contributed by atoms with Crippen LogP contribution in [0, 0.1) is 0 Å². The summed E-state index contributed by atoms with van der Waals surface area (Å²) in [7, 11) is 0. The minimum atomic E-state index is 0.361. The molecule has 196 valence electrons. The molecule has 2 N–H and O–H groups in total. The Morgan fingerprint density at radius 1 is 0.675 bits per heavy atom. The van der Waals surface area contributed by atoms with E-state index in [1.54, 1.807) is 0 Å². The van der Waals surface area contributed by atoms with Crippen molar-refractivity contribution in [2.24, 2.45) is 5.10 Å². The van der Waals surface area contributed by atoms with Gasteiger partial charge in [-0.05, 0) is 39.1 Å². The summed E-state index contributed by atoms with van der Waals surface area (Å²) >= 11 is 0. The first-order valence-electron chi connectivity index (χ1n) is 13.3. The average molecular weight is 526 g/mol. The van der Waals surface area contributed by atoms with E-state index >= 15 is 0 Å². The van der Waals surface area contributed by atoms with Crippen molar-refractivity contribution in [1.82, 2.24) is 15.0 Å². The average Bonchev–Trinajstić information content (AvgIpc) is 3.01. The molecule has 0 radical (unpaired) electrons. The van der Waals surface area contributed by atoms with Gasteiger partial charge in [-0.3, -0.25) is 0 Å². The predicted molar refractivity (Wildman–Crippen MR) is 163 cm³/mol. The first-order chi connectivity index (χ1) is 19.8. The Hall–Kier alpha value is -5.08. The molecule has 0 amide bonds. The molecule has 0 aliphatic carbocycles. The highest BCUT2D eigenvalue weighted by Crippen LogP contribution is 2.28. The summed E-state index contributed by atoms with van der Waals surface area (Å²) in [6.07, 6.45) is 1.85.